The minimum atomic E-state index is 0.865. The number of hydrogen-bond acceptors (Lipinski definition) is 2. The molecule has 0 saturated heterocycles. The summed E-state index contributed by atoms with van der Waals surface area (Å²) in [5.41, 5.74) is 17.0. The number of anilines is 3. The van der Waals surface area contributed by atoms with Crippen LogP contribution in [-0.2, 0) is 0 Å². The van der Waals surface area contributed by atoms with Crippen molar-refractivity contribution in [1.29, 1.82) is 0 Å². The fraction of sp³-hybridized carbons (Fsp3) is 0. The molecule has 0 unspecified atom stereocenters. The van der Waals surface area contributed by atoms with Crippen LogP contribution >= 0.6 is 0 Å². The third kappa shape index (κ3) is 7.14. The second-order valence-corrected chi connectivity index (χ2v) is 15.7. The van der Waals surface area contributed by atoms with E-state index in [0.717, 1.165) is 56.0 Å². The lowest BCUT2D eigenvalue weighted by Gasteiger charge is -2.26. The van der Waals surface area contributed by atoms with E-state index in [2.05, 4.69) is 235 Å². The Bertz CT molecular complexity index is 3210. The molecule has 0 saturated carbocycles. The molecule has 1 aromatic heterocycles. The maximum Gasteiger partial charge on any atom is 0.136 e. The molecule has 62 heavy (non-hydrogen) atoms. The van der Waals surface area contributed by atoms with Crippen molar-refractivity contribution >= 4 is 38.8 Å². The topological polar surface area (TPSA) is 16.4 Å². The van der Waals surface area contributed by atoms with Crippen LogP contribution in [0, 0.1) is 0 Å². The molecule has 11 aromatic rings. The first-order valence-corrected chi connectivity index (χ1v) is 21.2. The Kier molecular flexibility index (Phi) is 9.57. The van der Waals surface area contributed by atoms with Gasteiger partial charge in [-0.25, -0.2) is 0 Å². The quantitative estimate of drug-likeness (QED) is 0.145. The summed E-state index contributed by atoms with van der Waals surface area (Å²) in [4.78, 5) is 2.35. The zero-order valence-corrected chi connectivity index (χ0v) is 34.0. The van der Waals surface area contributed by atoms with Crippen LogP contribution < -0.4 is 4.90 Å². The van der Waals surface area contributed by atoms with Crippen molar-refractivity contribution in [3.05, 3.63) is 249 Å². The van der Waals surface area contributed by atoms with Gasteiger partial charge < -0.3 is 9.32 Å². The highest BCUT2D eigenvalue weighted by molar-refractivity contribution is 5.97. The zero-order valence-electron chi connectivity index (χ0n) is 34.0. The first kappa shape index (κ1) is 36.8. The van der Waals surface area contributed by atoms with E-state index in [9.17, 15) is 0 Å². The van der Waals surface area contributed by atoms with Gasteiger partial charge >= 0.3 is 0 Å². The summed E-state index contributed by atoms with van der Waals surface area (Å²) in [6.07, 6.45) is 0. The van der Waals surface area contributed by atoms with Crippen LogP contribution in [0.25, 0.3) is 88.7 Å². The molecule has 0 aliphatic rings. The van der Waals surface area contributed by atoms with Gasteiger partial charge in [-0.3, -0.25) is 0 Å². The molecule has 2 nitrogen and oxygen atoms in total. The lowest BCUT2D eigenvalue weighted by Crippen LogP contribution is -2.09. The van der Waals surface area contributed by atoms with Crippen molar-refractivity contribution in [2.45, 2.75) is 0 Å². The summed E-state index contributed by atoms with van der Waals surface area (Å²) in [5, 5.41) is 3.59. The molecule has 0 atom stereocenters. The highest BCUT2D eigenvalue weighted by atomic mass is 16.3. The second-order valence-electron chi connectivity index (χ2n) is 15.7. The fourth-order valence-electron chi connectivity index (χ4n) is 8.76. The molecule has 0 N–H and O–H groups in total. The largest absolute Gasteiger partial charge is 0.456 e. The lowest BCUT2D eigenvalue weighted by atomic mass is 9.93. The maximum atomic E-state index is 6.35. The number of nitrogens with zero attached hydrogens (tertiary/aromatic N) is 1. The van der Waals surface area contributed by atoms with Crippen molar-refractivity contribution in [1.82, 2.24) is 0 Å². The lowest BCUT2D eigenvalue weighted by molar-refractivity contribution is 0.632. The summed E-state index contributed by atoms with van der Waals surface area (Å²) < 4.78 is 6.35. The average Bonchev–Trinajstić information content (AvgIpc) is 3.80. The van der Waals surface area contributed by atoms with Crippen molar-refractivity contribution in [2.24, 2.45) is 0 Å². The molecule has 0 fully saturated rings. The van der Waals surface area contributed by atoms with E-state index in [1.165, 1.54) is 49.7 Å². The molecular weight excluding hydrogens is 751 g/mol. The highest BCUT2D eigenvalue weighted by Gasteiger charge is 2.17. The molecule has 0 aliphatic heterocycles. The Morgan fingerprint density at radius 1 is 0.258 bits per heavy atom. The third-order valence-corrected chi connectivity index (χ3v) is 11.9. The number of furan rings is 1. The molecule has 0 bridgehead atoms. The standard InChI is InChI=1S/C60H41NO/c1-3-14-42(15-4-1)49-38-50(43-16-5-2-6-17-43)40-51(39-49)44-26-32-52(33-27-44)61(53-34-28-46(29-35-53)56-24-13-20-45-18-7-9-21-55(45)56)54-36-30-47(31-37-54)57-22-10-11-23-58(57)60-41-48-19-8-12-25-59(48)62-60/h1-41H. The van der Waals surface area contributed by atoms with E-state index < -0.39 is 0 Å². The van der Waals surface area contributed by atoms with Crippen LogP contribution in [0.2, 0.25) is 0 Å². The highest BCUT2D eigenvalue weighted by Crippen LogP contribution is 2.41. The van der Waals surface area contributed by atoms with Crippen LogP contribution in [0.15, 0.2) is 253 Å². The minimum absolute atomic E-state index is 0.865. The van der Waals surface area contributed by atoms with Gasteiger partial charge in [0.05, 0.1) is 0 Å². The maximum absolute atomic E-state index is 6.35. The van der Waals surface area contributed by atoms with E-state index in [1.54, 1.807) is 0 Å². The predicted octanol–water partition coefficient (Wildman–Crippen LogP) is 17.1. The van der Waals surface area contributed by atoms with Crippen molar-refractivity contribution in [3.63, 3.8) is 0 Å². The summed E-state index contributed by atoms with van der Waals surface area (Å²) in [6, 6.07) is 89.0. The number of benzene rings is 10. The molecule has 1 heterocycles. The molecule has 11 rings (SSSR count). The van der Waals surface area contributed by atoms with Crippen LogP contribution in [0.3, 0.4) is 0 Å². The third-order valence-electron chi connectivity index (χ3n) is 11.9. The Morgan fingerprint density at radius 3 is 1.26 bits per heavy atom. The molecular formula is C60H41NO. The molecule has 292 valence electrons. The molecule has 0 aliphatic carbocycles. The number of para-hydroxylation sites is 1. The molecule has 10 aromatic carbocycles. The minimum Gasteiger partial charge on any atom is -0.456 e. The Labute approximate surface area is 362 Å². The number of rotatable bonds is 9. The Balaban J connectivity index is 0.988. The zero-order chi connectivity index (χ0) is 41.2. The van der Waals surface area contributed by atoms with Gasteiger partial charge in [0.25, 0.3) is 0 Å². The summed E-state index contributed by atoms with van der Waals surface area (Å²) in [7, 11) is 0. The van der Waals surface area contributed by atoms with Gasteiger partial charge in [0.1, 0.15) is 11.3 Å². The monoisotopic (exact) mass is 791 g/mol. The Morgan fingerprint density at radius 2 is 0.677 bits per heavy atom. The fourth-order valence-corrected chi connectivity index (χ4v) is 8.76. The summed E-state index contributed by atoms with van der Waals surface area (Å²) in [6.45, 7) is 0. The molecule has 0 spiro atoms. The van der Waals surface area contributed by atoms with E-state index in [4.69, 9.17) is 4.42 Å². The first-order chi connectivity index (χ1) is 30.7. The van der Waals surface area contributed by atoms with Gasteiger partial charge in [0, 0.05) is 28.0 Å². The van der Waals surface area contributed by atoms with Crippen molar-refractivity contribution in [2.75, 3.05) is 4.90 Å². The van der Waals surface area contributed by atoms with Crippen molar-refractivity contribution in [3.8, 4) is 67.0 Å². The summed E-state index contributed by atoms with van der Waals surface area (Å²) >= 11 is 0. The predicted molar refractivity (Wildman–Crippen MR) is 261 cm³/mol. The molecule has 0 radical (unpaired) electrons. The molecule has 0 amide bonds. The van der Waals surface area contributed by atoms with E-state index in [1.807, 2.05) is 18.2 Å². The van der Waals surface area contributed by atoms with Gasteiger partial charge in [-0.2, -0.15) is 0 Å². The van der Waals surface area contributed by atoms with Gasteiger partial charge in [-0.15, -0.1) is 0 Å². The Hall–Kier alpha value is -8.20. The second kappa shape index (κ2) is 16.1. The van der Waals surface area contributed by atoms with Crippen LogP contribution in [-0.4, -0.2) is 0 Å². The normalized spacial score (nSPS) is 11.2. The van der Waals surface area contributed by atoms with Gasteiger partial charge in [0.2, 0.25) is 0 Å². The van der Waals surface area contributed by atoms with Crippen molar-refractivity contribution < 1.29 is 4.42 Å². The average molecular weight is 792 g/mol. The van der Waals surface area contributed by atoms with E-state index in [-0.39, 0.29) is 0 Å². The van der Waals surface area contributed by atoms with Gasteiger partial charge in [0.15, 0.2) is 0 Å². The summed E-state index contributed by atoms with van der Waals surface area (Å²) in [5.74, 6) is 0.865. The van der Waals surface area contributed by atoms with Crippen LogP contribution in [0.5, 0.6) is 0 Å². The van der Waals surface area contributed by atoms with E-state index >= 15 is 0 Å². The van der Waals surface area contributed by atoms with Gasteiger partial charge in [-0.1, -0.05) is 182 Å². The smallest absolute Gasteiger partial charge is 0.136 e. The molecule has 2 heteroatoms. The SMILES string of the molecule is c1ccc(-c2cc(-c3ccccc3)cc(-c3ccc(N(c4ccc(-c5ccccc5-c5cc6ccccc6o5)cc4)c4ccc(-c5cccc6ccccc56)cc4)cc3)c2)cc1. The van der Waals surface area contributed by atoms with E-state index in [0.29, 0.717) is 0 Å². The van der Waals surface area contributed by atoms with Crippen LogP contribution in [0.4, 0.5) is 17.1 Å². The van der Waals surface area contributed by atoms with Gasteiger partial charge in [-0.05, 0) is 133 Å². The van der Waals surface area contributed by atoms with Crippen LogP contribution in [0.1, 0.15) is 0 Å². The first-order valence-electron chi connectivity index (χ1n) is 21.2. The number of fused-ring (bicyclic) bond motifs is 2. The number of hydrogen-bond donors (Lipinski definition) is 0.